The molecule has 1 fully saturated rings. The molecule has 1 aliphatic heterocycles. The van der Waals surface area contributed by atoms with Gasteiger partial charge < -0.3 is 10.6 Å². The number of anilines is 1. The van der Waals surface area contributed by atoms with E-state index in [0.717, 1.165) is 17.3 Å². The second-order valence-corrected chi connectivity index (χ2v) is 10.1. The Bertz CT molecular complexity index is 1020. The summed E-state index contributed by atoms with van der Waals surface area (Å²) in [5.74, 6) is -0.484. The summed E-state index contributed by atoms with van der Waals surface area (Å²) in [5, 5.41) is 5.24. The highest BCUT2D eigenvalue weighted by Crippen LogP contribution is 2.24. The van der Waals surface area contributed by atoms with Gasteiger partial charge in [-0.3, -0.25) is 9.59 Å². The van der Waals surface area contributed by atoms with Gasteiger partial charge >= 0.3 is 0 Å². The molecule has 0 aromatic heterocycles. The van der Waals surface area contributed by atoms with E-state index >= 15 is 0 Å². The van der Waals surface area contributed by atoms with Crippen molar-refractivity contribution < 1.29 is 18.0 Å². The molecule has 0 aliphatic carbocycles. The van der Waals surface area contributed by atoms with E-state index in [-0.39, 0.29) is 22.9 Å². The molecule has 0 saturated carbocycles. The number of carbonyl (C=O) groups is 2. The maximum Gasteiger partial charge on any atom is 0.251 e. The average molecular weight is 494 g/mol. The van der Waals surface area contributed by atoms with Gasteiger partial charge in [0.15, 0.2) is 0 Å². The summed E-state index contributed by atoms with van der Waals surface area (Å²) in [6, 6.07) is 13.0. The second-order valence-electron chi connectivity index (χ2n) is 7.35. The van der Waals surface area contributed by atoms with Crippen LogP contribution in [-0.2, 0) is 14.8 Å². The van der Waals surface area contributed by atoms with Crippen LogP contribution in [0, 0.1) is 5.92 Å². The lowest BCUT2D eigenvalue weighted by molar-refractivity contribution is -0.115. The molecule has 1 aliphatic rings. The Morgan fingerprint density at radius 2 is 1.83 bits per heavy atom. The third-order valence-corrected chi connectivity index (χ3v) is 7.50. The molecular formula is C21H24BrN3O4S. The Morgan fingerprint density at radius 3 is 2.50 bits per heavy atom. The first-order chi connectivity index (χ1) is 14.3. The summed E-state index contributed by atoms with van der Waals surface area (Å²) in [6.07, 6.45) is 1.88. The summed E-state index contributed by atoms with van der Waals surface area (Å²) in [7, 11) is -3.57. The summed E-state index contributed by atoms with van der Waals surface area (Å²) in [4.78, 5) is 24.5. The van der Waals surface area contributed by atoms with E-state index in [4.69, 9.17) is 0 Å². The number of nitrogens with zero attached hydrogens (tertiary/aromatic N) is 1. The number of para-hydroxylation sites is 1. The maximum absolute atomic E-state index is 12.8. The van der Waals surface area contributed by atoms with Crippen LogP contribution in [0.25, 0.3) is 0 Å². The van der Waals surface area contributed by atoms with Crippen molar-refractivity contribution in [3.63, 3.8) is 0 Å². The summed E-state index contributed by atoms with van der Waals surface area (Å²) >= 11 is 3.34. The number of rotatable bonds is 6. The smallest absolute Gasteiger partial charge is 0.251 e. The van der Waals surface area contributed by atoms with Crippen LogP contribution in [0.3, 0.4) is 0 Å². The van der Waals surface area contributed by atoms with Crippen LogP contribution in [0.5, 0.6) is 0 Å². The maximum atomic E-state index is 12.8. The predicted molar refractivity (Wildman–Crippen MR) is 119 cm³/mol. The minimum atomic E-state index is -3.57. The van der Waals surface area contributed by atoms with Gasteiger partial charge in [0.2, 0.25) is 15.9 Å². The molecular weight excluding hydrogens is 470 g/mol. The molecule has 2 amide bonds. The molecule has 0 radical (unpaired) electrons. The normalized spacial score (nSPS) is 17.3. The number of amides is 2. The van der Waals surface area contributed by atoms with Crippen LogP contribution in [-0.4, -0.2) is 44.2 Å². The fourth-order valence-electron chi connectivity index (χ4n) is 3.31. The summed E-state index contributed by atoms with van der Waals surface area (Å²) in [5.41, 5.74) is 0.896. The van der Waals surface area contributed by atoms with Crippen molar-refractivity contribution in [3.05, 3.63) is 58.6 Å². The summed E-state index contributed by atoms with van der Waals surface area (Å²) in [6.45, 7) is 2.87. The van der Waals surface area contributed by atoms with E-state index in [1.54, 1.807) is 18.2 Å². The molecule has 1 saturated heterocycles. The monoisotopic (exact) mass is 493 g/mol. The van der Waals surface area contributed by atoms with Crippen LogP contribution >= 0.6 is 15.9 Å². The molecule has 9 heteroatoms. The number of hydrogen-bond donors (Lipinski definition) is 2. The first-order valence-corrected chi connectivity index (χ1v) is 11.9. The molecule has 7 nitrogen and oxygen atoms in total. The molecule has 0 bridgehead atoms. The third kappa shape index (κ3) is 5.47. The van der Waals surface area contributed by atoms with Crippen molar-refractivity contribution in [1.29, 1.82) is 0 Å². The Kier molecular flexibility index (Phi) is 7.27. The minimum Gasteiger partial charge on any atom is -0.343 e. The molecule has 2 N–H and O–H groups in total. The second kappa shape index (κ2) is 9.72. The van der Waals surface area contributed by atoms with Crippen molar-refractivity contribution in [2.45, 2.75) is 24.7 Å². The Labute approximate surface area is 185 Å². The standard InChI is InChI=1S/C21H24BrN3O4S/c1-15-5-4-12-25(14-15)30(28,29)17-10-8-16(9-11-17)21(27)23-13-20(26)24-19-7-3-2-6-18(19)22/h2-3,6-11,15H,4-5,12-14H2,1H3,(H,23,27)(H,24,26). The van der Waals surface area contributed by atoms with Crippen LogP contribution in [0.2, 0.25) is 0 Å². The van der Waals surface area contributed by atoms with E-state index in [2.05, 4.69) is 26.6 Å². The molecule has 2 aromatic rings. The van der Waals surface area contributed by atoms with E-state index in [9.17, 15) is 18.0 Å². The topological polar surface area (TPSA) is 95.6 Å². The fraction of sp³-hybridized carbons (Fsp3) is 0.333. The van der Waals surface area contributed by atoms with E-state index in [0.29, 0.717) is 24.7 Å². The number of sulfonamides is 1. The number of carbonyl (C=O) groups excluding carboxylic acids is 2. The first-order valence-electron chi connectivity index (χ1n) is 9.70. The first kappa shape index (κ1) is 22.5. The number of halogens is 1. The van der Waals surface area contributed by atoms with Gasteiger partial charge in [-0.2, -0.15) is 4.31 Å². The molecule has 2 aromatic carbocycles. The molecule has 1 unspecified atom stereocenters. The number of hydrogen-bond acceptors (Lipinski definition) is 4. The summed E-state index contributed by atoms with van der Waals surface area (Å²) < 4.78 is 27.8. The van der Waals surface area contributed by atoms with Gasteiger partial charge in [0.1, 0.15) is 0 Å². The quantitative estimate of drug-likeness (QED) is 0.645. The molecule has 1 heterocycles. The highest BCUT2D eigenvalue weighted by molar-refractivity contribution is 9.10. The lowest BCUT2D eigenvalue weighted by atomic mass is 10.0. The minimum absolute atomic E-state index is 0.167. The molecule has 0 spiro atoms. The molecule has 160 valence electrons. The van der Waals surface area contributed by atoms with Crippen LogP contribution in [0.1, 0.15) is 30.1 Å². The molecule has 3 rings (SSSR count). The van der Waals surface area contributed by atoms with Crippen molar-refractivity contribution >= 4 is 43.5 Å². The Balaban J connectivity index is 1.58. The van der Waals surface area contributed by atoms with Crippen molar-refractivity contribution in [3.8, 4) is 0 Å². The predicted octanol–water partition coefficient (Wildman–Crippen LogP) is 3.24. The van der Waals surface area contributed by atoms with Crippen molar-refractivity contribution in [2.24, 2.45) is 5.92 Å². The van der Waals surface area contributed by atoms with Crippen LogP contribution < -0.4 is 10.6 Å². The number of benzene rings is 2. The highest BCUT2D eigenvalue weighted by Gasteiger charge is 2.28. The number of piperidine rings is 1. The molecule has 30 heavy (non-hydrogen) atoms. The van der Waals surface area contributed by atoms with Crippen LogP contribution in [0.15, 0.2) is 57.9 Å². The zero-order chi connectivity index (χ0) is 21.7. The SMILES string of the molecule is CC1CCCN(S(=O)(=O)c2ccc(C(=O)NCC(=O)Nc3ccccc3Br)cc2)C1. The van der Waals surface area contributed by atoms with Gasteiger partial charge in [-0.1, -0.05) is 19.1 Å². The Hall–Kier alpha value is -2.23. The van der Waals surface area contributed by atoms with E-state index in [1.807, 2.05) is 13.0 Å². The van der Waals surface area contributed by atoms with E-state index in [1.165, 1.54) is 28.6 Å². The third-order valence-electron chi connectivity index (χ3n) is 4.93. The van der Waals surface area contributed by atoms with Crippen molar-refractivity contribution in [1.82, 2.24) is 9.62 Å². The van der Waals surface area contributed by atoms with Crippen molar-refractivity contribution in [2.75, 3.05) is 25.0 Å². The van der Waals surface area contributed by atoms with E-state index < -0.39 is 15.9 Å². The highest BCUT2D eigenvalue weighted by atomic mass is 79.9. The van der Waals surface area contributed by atoms with Gasteiger partial charge in [0.25, 0.3) is 5.91 Å². The molecule has 1 atom stereocenters. The average Bonchev–Trinajstić information content (AvgIpc) is 2.74. The van der Waals surface area contributed by atoms with Gasteiger partial charge in [0.05, 0.1) is 17.1 Å². The van der Waals surface area contributed by atoms with Gasteiger partial charge in [0, 0.05) is 23.1 Å². The lowest BCUT2D eigenvalue weighted by Gasteiger charge is -2.30. The zero-order valence-electron chi connectivity index (χ0n) is 16.6. The Morgan fingerprint density at radius 1 is 1.13 bits per heavy atom. The van der Waals surface area contributed by atoms with Gasteiger partial charge in [-0.15, -0.1) is 0 Å². The largest absolute Gasteiger partial charge is 0.343 e. The zero-order valence-corrected chi connectivity index (χ0v) is 19.0. The van der Waals surface area contributed by atoms with Crippen LogP contribution in [0.4, 0.5) is 5.69 Å². The van der Waals surface area contributed by atoms with Gasteiger partial charge in [-0.05, 0) is 71.1 Å². The van der Waals surface area contributed by atoms with Gasteiger partial charge in [-0.25, -0.2) is 8.42 Å². The fourth-order valence-corrected chi connectivity index (χ4v) is 5.29. The lowest BCUT2D eigenvalue weighted by Crippen LogP contribution is -2.39. The number of nitrogens with one attached hydrogen (secondary N) is 2.